The fourth-order valence-corrected chi connectivity index (χ4v) is 2.27. The van der Waals surface area contributed by atoms with Crippen molar-refractivity contribution in [2.45, 2.75) is 26.7 Å². The van der Waals surface area contributed by atoms with Gasteiger partial charge < -0.3 is 9.73 Å². The molecule has 0 atom stereocenters. The molecule has 0 fully saturated rings. The van der Waals surface area contributed by atoms with Crippen molar-refractivity contribution in [3.8, 4) is 0 Å². The molecule has 19 heavy (non-hydrogen) atoms. The summed E-state index contributed by atoms with van der Waals surface area (Å²) in [6, 6.07) is 1.70. The number of Topliss-reactive ketones (excluding diaryl/α,β-unsaturated/α-hetero) is 1. The minimum absolute atomic E-state index is 0.0280. The molecule has 0 spiro atoms. The lowest BCUT2D eigenvalue weighted by Gasteiger charge is -1.99. The Kier molecular flexibility index (Phi) is 4.11. The van der Waals surface area contributed by atoms with Gasteiger partial charge in [0, 0.05) is 24.4 Å². The molecular formula is C13H14N2O3S. The van der Waals surface area contributed by atoms with E-state index in [1.807, 2.05) is 0 Å². The van der Waals surface area contributed by atoms with Gasteiger partial charge in [0.2, 0.25) is 5.91 Å². The fraction of sp³-hybridized carbons (Fsp3) is 0.308. The Morgan fingerprint density at radius 3 is 2.84 bits per heavy atom. The van der Waals surface area contributed by atoms with Crippen LogP contribution in [0.3, 0.4) is 0 Å². The number of anilines is 1. The first-order valence-electron chi connectivity index (χ1n) is 5.86. The van der Waals surface area contributed by atoms with Crippen LogP contribution in [0.4, 0.5) is 5.13 Å². The Bertz CT molecular complexity index is 587. The third-order valence-electron chi connectivity index (χ3n) is 2.63. The van der Waals surface area contributed by atoms with E-state index >= 15 is 0 Å². The van der Waals surface area contributed by atoms with E-state index in [0.717, 1.165) is 0 Å². The van der Waals surface area contributed by atoms with E-state index in [4.69, 9.17) is 4.42 Å². The molecule has 0 saturated heterocycles. The summed E-state index contributed by atoms with van der Waals surface area (Å²) >= 11 is 1.37. The summed E-state index contributed by atoms with van der Waals surface area (Å²) in [5.41, 5.74) is 0.579. The summed E-state index contributed by atoms with van der Waals surface area (Å²) in [7, 11) is 0. The molecule has 0 radical (unpaired) electrons. The first-order valence-corrected chi connectivity index (χ1v) is 6.74. The largest absolute Gasteiger partial charge is 0.466 e. The number of hydrogen-bond acceptors (Lipinski definition) is 5. The molecule has 100 valence electrons. The van der Waals surface area contributed by atoms with Gasteiger partial charge in [0.25, 0.3) is 0 Å². The van der Waals surface area contributed by atoms with Crippen molar-refractivity contribution >= 4 is 28.2 Å². The maximum atomic E-state index is 11.7. The SMILES string of the molecule is CC(=O)c1cc(CCC(=O)Nc2nccs2)oc1C. The predicted octanol–water partition coefficient (Wildman–Crippen LogP) is 2.82. The number of nitrogens with zero attached hydrogens (tertiary/aromatic N) is 1. The number of furan rings is 1. The number of carbonyl (C=O) groups is 2. The molecular weight excluding hydrogens is 264 g/mol. The van der Waals surface area contributed by atoms with Crippen molar-refractivity contribution < 1.29 is 14.0 Å². The van der Waals surface area contributed by atoms with E-state index in [1.165, 1.54) is 18.3 Å². The standard InChI is InChI=1S/C13H14N2O3S/c1-8(16)11-7-10(18-9(11)2)3-4-12(17)15-13-14-5-6-19-13/h5-7H,3-4H2,1-2H3,(H,14,15,17). The summed E-state index contributed by atoms with van der Waals surface area (Å²) < 4.78 is 5.45. The third-order valence-corrected chi connectivity index (χ3v) is 3.31. The van der Waals surface area contributed by atoms with Crippen molar-refractivity contribution in [2.24, 2.45) is 0 Å². The van der Waals surface area contributed by atoms with Crippen molar-refractivity contribution in [1.82, 2.24) is 4.98 Å². The zero-order valence-corrected chi connectivity index (χ0v) is 11.5. The van der Waals surface area contributed by atoms with Gasteiger partial charge in [0.15, 0.2) is 10.9 Å². The average Bonchev–Trinajstić information content (AvgIpc) is 2.96. The van der Waals surface area contributed by atoms with E-state index in [0.29, 0.717) is 35.1 Å². The number of rotatable bonds is 5. The maximum absolute atomic E-state index is 11.7. The highest BCUT2D eigenvalue weighted by Gasteiger charge is 2.12. The Hall–Kier alpha value is -1.95. The Balaban J connectivity index is 1.90. The van der Waals surface area contributed by atoms with Gasteiger partial charge in [-0.15, -0.1) is 11.3 Å². The molecule has 6 heteroatoms. The van der Waals surface area contributed by atoms with E-state index in [2.05, 4.69) is 10.3 Å². The normalized spacial score (nSPS) is 10.4. The minimum Gasteiger partial charge on any atom is -0.466 e. The first-order chi connectivity index (χ1) is 9.06. The summed E-state index contributed by atoms with van der Waals surface area (Å²) in [5.74, 6) is 1.10. The molecule has 5 nitrogen and oxygen atoms in total. The van der Waals surface area contributed by atoms with Gasteiger partial charge >= 0.3 is 0 Å². The monoisotopic (exact) mass is 278 g/mol. The molecule has 0 aliphatic carbocycles. The van der Waals surface area contributed by atoms with E-state index in [-0.39, 0.29) is 11.7 Å². The number of aryl methyl sites for hydroxylation is 2. The predicted molar refractivity (Wildman–Crippen MR) is 72.5 cm³/mol. The smallest absolute Gasteiger partial charge is 0.226 e. The van der Waals surface area contributed by atoms with Gasteiger partial charge in [-0.25, -0.2) is 4.98 Å². The molecule has 0 aliphatic heterocycles. The second-order valence-electron chi connectivity index (χ2n) is 4.12. The van der Waals surface area contributed by atoms with Crippen molar-refractivity contribution in [1.29, 1.82) is 0 Å². The molecule has 1 N–H and O–H groups in total. The second kappa shape index (κ2) is 5.79. The molecule has 0 saturated carbocycles. The van der Waals surface area contributed by atoms with E-state index in [9.17, 15) is 9.59 Å². The highest BCUT2D eigenvalue weighted by Crippen LogP contribution is 2.17. The van der Waals surface area contributed by atoms with Crippen LogP contribution in [0.15, 0.2) is 22.1 Å². The fourth-order valence-electron chi connectivity index (χ4n) is 1.72. The molecule has 2 aromatic rings. The van der Waals surface area contributed by atoms with Gasteiger partial charge in [0.05, 0.1) is 5.56 Å². The third kappa shape index (κ3) is 3.51. The number of nitrogens with one attached hydrogen (secondary N) is 1. The van der Waals surface area contributed by atoms with Crippen LogP contribution in [-0.2, 0) is 11.2 Å². The lowest BCUT2D eigenvalue weighted by Crippen LogP contribution is -2.11. The quantitative estimate of drug-likeness (QED) is 0.854. The zero-order valence-electron chi connectivity index (χ0n) is 10.7. The molecule has 0 bridgehead atoms. The van der Waals surface area contributed by atoms with Crippen LogP contribution in [0.25, 0.3) is 0 Å². The second-order valence-corrected chi connectivity index (χ2v) is 5.02. The Morgan fingerprint density at radius 2 is 2.26 bits per heavy atom. The molecule has 0 unspecified atom stereocenters. The molecule has 2 rings (SSSR count). The number of aromatic nitrogens is 1. The first kappa shape index (κ1) is 13.5. The molecule has 1 amide bonds. The lowest BCUT2D eigenvalue weighted by atomic mass is 10.1. The van der Waals surface area contributed by atoms with Crippen molar-refractivity contribution in [3.63, 3.8) is 0 Å². The summed E-state index contributed by atoms with van der Waals surface area (Å²) in [5, 5.41) is 5.08. The van der Waals surface area contributed by atoms with Gasteiger partial charge in [-0.2, -0.15) is 0 Å². The molecule has 0 aromatic carbocycles. The summed E-state index contributed by atoms with van der Waals surface area (Å²) in [6.45, 7) is 3.24. The van der Waals surface area contributed by atoms with E-state index in [1.54, 1.807) is 24.6 Å². The van der Waals surface area contributed by atoms with Crippen LogP contribution < -0.4 is 5.32 Å². The van der Waals surface area contributed by atoms with E-state index < -0.39 is 0 Å². The van der Waals surface area contributed by atoms with Gasteiger partial charge in [0.1, 0.15) is 11.5 Å². The lowest BCUT2D eigenvalue weighted by molar-refractivity contribution is -0.116. The maximum Gasteiger partial charge on any atom is 0.226 e. The highest BCUT2D eigenvalue weighted by molar-refractivity contribution is 7.13. The van der Waals surface area contributed by atoms with Crippen LogP contribution in [0.2, 0.25) is 0 Å². The molecule has 2 aromatic heterocycles. The van der Waals surface area contributed by atoms with Crippen LogP contribution in [0, 0.1) is 6.92 Å². The Morgan fingerprint density at radius 1 is 1.47 bits per heavy atom. The van der Waals surface area contributed by atoms with Gasteiger partial charge in [-0.3, -0.25) is 9.59 Å². The molecule has 0 aliphatic rings. The number of carbonyl (C=O) groups excluding carboxylic acids is 2. The number of hydrogen-bond donors (Lipinski definition) is 1. The minimum atomic E-state index is -0.117. The van der Waals surface area contributed by atoms with Crippen LogP contribution in [0.1, 0.15) is 35.2 Å². The van der Waals surface area contributed by atoms with Crippen molar-refractivity contribution in [2.75, 3.05) is 5.32 Å². The van der Waals surface area contributed by atoms with Crippen LogP contribution in [0.5, 0.6) is 0 Å². The number of thiazole rings is 1. The highest BCUT2D eigenvalue weighted by atomic mass is 32.1. The van der Waals surface area contributed by atoms with Gasteiger partial charge in [-0.1, -0.05) is 0 Å². The summed E-state index contributed by atoms with van der Waals surface area (Å²) in [4.78, 5) is 26.9. The van der Waals surface area contributed by atoms with Crippen molar-refractivity contribution in [3.05, 3.63) is 34.7 Å². The number of amides is 1. The van der Waals surface area contributed by atoms with Crippen LogP contribution in [-0.4, -0.2) is 16.7 Å². The Labute approximate surface area is 114 Å². The van der Waals surface area contributed by atoms with Crippen LogP contribution >= 0.6 is 11.3 Å². The molecule has 2 heterocycles. The number of ketones is 1. The average molecular weight is 278 g/mol. The topological polar surface area (TPSA) is 72.2 Å². The summed E-state index contributed by atoms with van der Waals surface area (Å²) in [6.07, 6.45) is 2.39. The van der Waals surface area contributed by atoms with Gasteiger partial charge in [-0.05, 0) is 19.9 Å². The zero-order chi connectivity index (χ0) is 13.8.